The molecule has 0 unspecified atom stereocenters. The normalized spacial score (nSPS) is 9.70. The molecule has 0 aliphatic heterocycles. The van der Waals surface area contributed by atoms with Crippen LogP contribution in [0.15, 0.2) is 29.6 Å². The van der Waals surface area contributed by atoms with E-state index in [9.17, 15) is 4.79 Å². The Labute approximate surface area is 121 Å². The van der Waals surface area contributed by atoms with E-state index in [4.69, 9.17) is 5.11 Å². The van der Waals surface area contributed by atoms with Crippen molar-refractivity contribution in [1.29, 1.82) is 0 Å². The van der Waals surface area contributed by atoms with Crippen molar-refractivity contribution >= 4 is 17.2 Å². The van der Waals surface area contributed by atoms with Gasteiger partial charge in [0.1, 0.15) is 11.6 Å². The molecule has 4 nitrogen and oxygen atoms in total. The molecule has 0 fully saturated rings. The lowest BCUT2D eigenvalue weighted by Crippen LogP contribution is -2.23. The molecule has 1 aromatic heterocycles. The Morgan fingerprint density at radius 1 is 1.45 bits per heavy atom. The van der Waals surface area contributed by atoms with E-state index in [1.54, 1.807) is 18.2 Å². The van der Waals surface area contributed by atoms with Crippen LogP contribution in [0, 0.1) is 18.8 Å². The molecule has 0 aliphatic rings. The lowest BCUT2D eigenvalue weighted by atomic mass is 10.1. The lowest BCUT2D eigenvalue weighted by Gasteiger charge is -2.05. The molecule has 5 heteroatoms. The van der Waals surface area contributed by atoms with Crippen LogP contribution >= 0.6 is 11.3 Å². The highest BCUT2D eigenvalue weighted by Crippen LogP contribution is 2.10. The third-order valence-electron chi connectivity index (χ3n) is 2.54. The molecule has 2 N–H and O–H groups in total. The molecule has 102 valence electrons. The van der Waals surface area contributed by atoms with E-state index >= 15 is 0 Å². The van der Waals surface area contributed by atoms with E-state index in [0.29, 0.717) is 17.7 Å². The fraction of sp³-hybridized carbons (Fsp3) is 0.200. The minimum absolute atomic E-state index is 0.194. The zero-order chi connectivity index (χ0) is 14.4. The number of aromatic nitrogens is 1. The molecule has 0 saturated heterocycles. The third-order valence-corrected chi connectivity index (χ3v) is 3.51. The van der Waals surface area contributed by atoms with Crippen LogP contribution in [0.3, 0.4) is 0 Å². The topological polar surface area (TPSA) is 62.2 Å². The minimum atomic E-state index is -0.228. The van der Waals surface area contributed by atoms with Crippen molar-refractivity contribution in [2.45, 2.75) is 13.5 Å². The van der Waals surface area contributed by atoms with Crippen molar-refractivity contribution in [1.82, 2.24) is 10.3 Å². The second kappa shape index (κ2) is 6.85. The van der Waals surface area contributed by atoms with Crippen LogP contribution in [-0.4, -0.2) is 22.6 Å². The number of rotatable bonds is 3. The Morgan fingerprint density at radius 2 is 2.25 bits per heavy atom. The van der Waals surface area contributed by atoms with Crippen LogP contribution in [0.5, 0.6) is 0 Å². The average Bonchev–Trinajstić information content (AvgIpc) is 2.88. The summed E-state index contributed by atoms with van der Waals surface area (Å²) < 4.78 is 0. The van der Waals surface area contributed by atoms with Gasteiger partial charge in [-0.1, -0.05) is 24.0 Å². The van der Waals surface area contributed by atoms with Crippen LogP contribution < -0.4 is 5.32 Å². The van der Waals surface area contributed by atoms with Gasteiger partial charge in [-0.2, -0.15) is 0 Å². The molecule has 0 saturated carbocycles. The maximum atomic E-state index is 12.1. The van der Waals surface area contributed by atoms with Crippen LogP contribution in [0.1, 0.15) is 26.6 Å². The summed E-state index contributed by atoms with van der Waals surface area (Å²) in [6, 6.07) is 7.06. The van der Waals surface area contributed by atoms with Gasteiger partial charge in [0.2, 0.25) is 0 Å². The van der Waals surface area contributed by atoms with Crippen molar-refractivity contribution in [3.63, 3.8) is 0 Å². The number of thiazole rings is 1. The summed E-state index contributed by atoms with van der Waals surface area (Å²) in [4.78, 5) is 16.4. The molecule has 20 heavy (non-hydrogen) atoms. The first-order valence-corrected chi connectivity index (χ1v) is 6.96. The van der Waals surface area contributed by atoms with E-state index in [1.165, 1.54) is 11.3 Å². The Kier molecular flexibility index (Phi) is 4.88. The van der Waals surface area contributed by atoms with Gasteiger partial charge in [0.25, 0.3) is 5.91 Å². The van der Waals surface area contributed by atoms with Crippen molar-refractivity contribution in [3.8, 4) is 11.8 Å². The number of carbonyl (C=O) groups excluding carboxylic acids is 1. The van der Waals surface area contributed by atoms with E-state index in [1.807, 2.05) is 18.4 Å². The Bertz CT molecular complexity index is 668. The molecule has 0 aliphatic carbocycles. The average molecular weight is 286 g/mol. The van der Waals surface area contributed by atoms with Crippen LogP contribution in [-0.2, 0) is 6.54 Å². The fourth-order valence-corrected chi connectivity index (χ4v) is 2.37. The zero-order valence-electron chi connectivity index (χ0n) is 11.0. The van der Waals surface area contributed by atoms with Crippen molar-refractivity contribution in [2.75, 3.05) is 6.61 Å². The predicted octanol–water partition coefficient (Wildman–Crippen LogP) is 1.73. The Hall–Kier alpha value is -2.16. The standard InChI is InChI=1S/C15H14N2O2S/c1-11-10-20-14(17-11)9-16-15(19)13-7-3-2-5-12(13)6-4-8-18/h2-3,5,7,10,18H,8-9H2,1H3,(H,16,19). The number of aryl methyl sites for hydroxylation is 1. The number of carbonyl (C=O) groups is 1. The maximum absolute atomic E-state index is 12.1. The summed E-state index contributed by atoms with van der Waals surface area (Å²) in [6.45, 7) is 2.09. The van der Waals surface area contributed by atoms with Crippen molar-refractivity contribution < 1.29 is 9.90 Å². The molecule has 2 aromatic rings. The number of amides is 1. The number of benzene rings is 1. The maximum Gasteiger partial charge on any atom is 0.252 e. The molecule has 1 heterocycles. The first-order chi connectivity index (χ1) is 9.70. The van der Waals surface area contributed by atoms with Gasteiger partial charge in [-0.15, -0.1) is 11.3 Å². The van der Waals surface area contributed by atoms with Crippen molar-refractivity contribution in [3.05, 3.63) is 51.5 Å². The first-order valence-electron chi connectivity index (χ1n) is 6.08. The highest BCUT2D eigenvalue weighted by molar-refractivity contribution is 7.09. The quantitative estimate of drug-likeness (QED) is 0.845. The van der Waals surface area contributed by atoms with Gasteiger partial charge in [-0.25, -0.2) is 4.98 Å². The van der Waals surface area contributed by atoms with Gasteiger partial charge in [-0.05, 0) is 19.1 Å². The van der Waals surface area contributed by atoms with Gasteiger partial charge in [0, 0.05) is 16.6 Å². The van der Waals surface area contributed by atoms with Crippen molar-refractivity contribution in [2.24, 2.45) is 0 Å². The number of aliphatic hydroxyl groups excluding tert-OH is 1. The van der Waals surface area contributed by atoms with Crippen LogP contribution in [0.2, 0.25) is 0 Å². The van der Waals surface area contributed by atoms with Gasteiger partial charge >= 0.3 is 0 Å². The lowest BCUT2D eigenvalue weighted by molar-refractivity contribution is 0.0950. The predicted molar refractivity (Wildman–Crippen MR) is 78.4 cm³/mol. The van der Waals surface area contributed by atoms with E-state index < -0.39 is 0 Å². The van der Waals surface area contributed by atoms with E-state index in [-0.39, 0.29) is 12.5 Å². The molecular formula is C15H14N2O2S. The fourth-order valence-electron chi connectivity index (χ4n) is 1.66. The zero-order valence-corrected chi connectivity index (χ0v) is 11.8. The Balaban J connectivity index is 2.09. The second-order valence-corrected chi connectivity index (χ2v) is 5.01. The molecule has 0 radical (unpaired) electrons. The largest absolute Gasteiger partial charge is 0.384 e. The SMILES string of the molecule is Cc1csc(CNC(=O)c2ccccc2C#CCO)n1. The summed E-state index contributed by atoms with van der Waals surface area (Å²) in [5.41, 5.74) is 2.06. The number of hydrogen-bond acceptors (Lipinski definition) is 4. The molecule has 1 amide bonds. The summed E-state index contributed by atoms with van der Waals surface area (Å²) in [6.07, 6.45) is 0. The molecule has 0 bridgehead atoms. The summed E-state index contributed by atoms with van der Waals surface area (Å²) in [5.74, 6) is 5.13. The number of hydrogen-bond donors (Lipinski definition) is 2. The molecule has 2 rings (SSSR count). The van der Waals surface area contributed by atoms with Gasteiger partial charge in [-0.3, -0.25) is 4.79 Å². The smallest absolute Gasteiger partial charge is 0.252 e. The molecule has 0 atom stereocenters. The number of nitrogens with one attached hydrogen (secondary N) is 1. The minimum Gasteiger partial charge on any atom is -0.384 e. The van der Waals surface area contributed by atoms with Gasteiger partial charge < -0.3 is 10.4 Å². The summed E-state index contributed by atoms with van der Waals surface area (Å²) >= 11 is 1.52. The summed E-state index contributed by atoms with van der Waals surface area (Å²) in [5, 5.41) is 14.4. The third kappa shape index (κ3) is 3.67. The molecular weight excluding hydrogens is 272 g/mol. The molecule has 0 spiro atoms. The first kappa shape index (κ1) is 14.3. The highest BCUT2D eigenvalue weighted by Gasteiger charge is 2.10. The van der Waals surface area contributed by atoms with Crippen LogP contribution in [0.25, 0.3) is 0 Å². The molecule has 1 aromatic carbocycles. The monoisotopic (exact) mass is 286 g/mol. The highest BCUT2D eigenvalue weighted by atomic mass is 32.1. The van der Waals surface area contributed by atoms with E-state index in [0.717, 1.165) is 10.7 Å². The summed E-state index contributed by atoms with van der Waals surface area (Å²) in [7, 11) is 0. The van der Waals surface area contributed by atoms with Crippen LogP contribution in [0.4, 0.5) is 0 Å². The van der Waals surface area contributed by atoms with Gasteiger partial charge in [0.05, 0.1) is 12.1 Å². The number of aliphatic hydroxyl groups is 1. The number of nitrogens with zero attached hydrogens (tertiary/aromatic N) is 1. The Morgan fingerprint density at radius 3 is 2.95 bits per heavy atom. The van der Waals surface area contributed by atoms with E-state index in [2.05, 4.69) is 22.1 Å². The van der Waals surface area contributed by atoms with Gasteiger partial charge in [0.15, 0.2) is 0 Å². The second-order valence-electron chi connectivity index (χ2n) is 4.07.